The number of amides is 2. The van der Waals surface area contributed by atoms with Crippen molar-refractivity contribution in [1.29, 1.82) is 0 Å². The minimum atomic E-state index is -0.276. The normalized spacial score (nSPS) is 11.0. The fraction of sp³-hybridized carbons (Fsp3) is 0.158. The third kappa shape index (κ3) is 4.30. The van der Waals surface area contributed by atoms with Gasteiger partial charge in [0.15, 0.2) is 5.65 Å². The predicted molar refractivity (Wildman–Crippen MR) is 101 cm³/mol. The molecule has 0 aliphatic heterocycles. The number of nitrogens with zero attached hydrogens (tertiary/aromatic N) is 3. The van der Waals surface area contributed by atoms with Gasteiger partial charge in [-0.05, 0) is 35.9 Å². The highest BCUT2D eigenvalue weighted by molar-refractivity contribution is 5.94. The van der Waals surface area contributed by atoms with Crippen LogP contribution in [0.2, 0.25) is 0 Å². The lowest BCUT2D eigenvalue weighted by Gasteiger charge is -2.02. The third-order valence-corrected chi connectivity index (χ3v) is 3.94. The standard InChI is InChI=1S/C19H19N5O3/c1-20-18(26)15-8-5-14(6-9-15)7-10-17(25)21-11-13-24-19(27)23-12-3-2-4-16(23)22-24/h2-10,12H,11,13H2,1H3,(H,20,26)(H,21,25)/b10-7-. The summed E-state index contributed by atoms with van der Waals surface area (Å²) >= 11 is 0. The van der Waals surface area contributed by atoms with Gasteiger partial charge in [0.05, 0.1) is 6.54 Å². The van der Waals surface area contributed by atoms with Crippen LogP contribution in [0.4, 0.5) is 0 Å². The number of rotatable bonds is 6. The molecule has 0 bridgehead atoms. The van der Waals surface area contributed by atoms with Crippen LogP contribution in [0.5, 0.6) is 0 Å². The van der Waals surface area contributed by atoms with Gasteiger partial charge in [-0.2, -0.15) is 0 Å². The van der Waals surface area contributed by atoms with Crippen LogP contribution in [0.1, 0.15) is 15.9 Å². The van der Waals surface area contributed by atoms with E-state index in [0.29, 0.717) is 11.2 Å². The minimum absolute atomic E-state index is 0.162. The highest BCUT2D eigenvalue weighted by atomic mass is 16.2. The summed E-state index contributed by atoms with van der Waals surface area (Å²) in [6.45, 7) is 0.559. The van der Waals surface area contributed by atoms with Crippen LogP contribution in [0, 0.1) is 0 Å². The Morgan fingerprint density at radius 1 is 1.15 bits per heavy atom. The maximum absolute atomic E-state index is 12.1. The Balaban J connectivity index is 1.53. The van der Waals surface area contributed by atoms with E-state index in [1.807, 2.05) is 0 Å². The monoisotopic (exact) mass is 365 g/mol. The van der Waals surface area contributed by atoms with Crippen molar-refractivity contribution in [3.63, 3.8) is 0 Å². The number of aromatic nitrogens is 3. The van der Waals surface area contributed by atoms with E-state index in [1.54, 1.807) is 61.8 Å². The van der Waals surface area contributed by atoms with Crippen LogP contribution >= 0.6 is 0 Å². The number of nitrogens with one attached hydrogen (secondary N) is 2. The van der Waals surface area contributed by atoms with Gasteiger partial charge in [-0.25, -0.2) is 9.48 Å². The molecule has 1 aromatic carbocycles. The summed E-state index contributed by atoms with van der Waals surface area (Å²) in [5.74, 6) is -0.437. The molecule has 8 nitrogen and oxygen atoms in total. The molecule has 0 spiro atoms. The molecule has 2 aromatic heterocycles. The highest BCUT2D eigenvalue weighted by Gasteiger charge is 2.06. The molecule has 0 fully saturated rings. The van der Waals surface area contributed by atoms with Crippen LogP contribution in [0.3, 0.4) is 0 Å². The molecule has 0 aliphatic rings. The molecule has 2 N–H and O–H groups in total. The van der Waals surface area contributed by atoms with Gasteiger partial charge in [-0.15, -0.1) is 5.10 Å². The summed E-state index contributed by atoms with van der Waals surface area (Å²) in [6, 6.07) is 12.2. The van der Waals surface area contributed by atoms with Crippen LogP contribution in [0.25, 0.3) is 11.7 Å². The first-order chi connectivity index (χ1) is 13.1. The van der Waals surface area contributed by atoms with E-state index >= 15 is 0 Å². The zero-order valence-electron chi connectivity index (χ0n) is 14.8. The average Bonchev–Trinajstić information content (AvgIpc) is 3.02. The molecule has 0 radical (unpaired) electrons. The third-order valence-electron chi connectivity index (χ3n) is 3.94. The van der Waals surface area contributed by atoms with Gasteiger partial charge >= 0.3 is 5.69 Å². The first-order valence-corrected chi connectivity index (χ1v) is 8.41. The Hall–Kier alpha value is -3.68. The molecule has 0 unspecified atom stereocenters. The molecular weight excluding hydrogens is 346 g/mol. The summed E-state index contributed by atoms with van der Waals surface area (Å²) in [5, 5.41) is 9.46. The summed E-state index contributed by atoms with van der Waals surface area (Å²) < 4.78 is 2.76. The molecule has 8 heteroatoms. The second-order valence-corrected chi connectivity index (χ2v) is 5.76. The number of pyridine rings is 1. The van der Waals surface area contributed by atoms with Gasteiger partial charge < -0.3 is 10.6 Å². The average molecular weight is 365 g/mol. The first kappa shape index (κ1) is 18.1. The topological polar surface area (TPSA) is 97.5 Å². The molecular formula is C19H19N5O3. The molecule has 0 saturated heterocycles. The summed E-state index contributed by atoms with van der Waals surface area (Å²) in [5.41, 5.74) is 1.67. The van der Waals surface area contributed by atoms with Gasteiger partial charge in [0.25, 0.3) is 5.91 Å². The van der Waals surface area contributed by atoms with Crippen molar-refractivity contribution >= 4 is 23.5 Å². The van der Waals surface area contributed by atoms with E-state index in [-0.39, 0.29) is 30.6 Å². The van der Waals surface area contributed by atoms with Gasteiger partial charge in [0.2, 0.25) is 5.91 Å². The van der Waals surface area contributed by atoms with E-state index < -0.39 is 0 Å². The van der Waals surface area contributed by atoms with Crippen molar-refractivity contribution in [2.24, 2.45) is 0 Å². The van der Waals surface area contributed by atoms with Gasteiger partial charge in [0.1, 0.15) is 0 Å². The lowest BCUT2D eigenvalue weighted by Crippen LogP contribution is -2.30. The van der Waals surface area contributed by atoms with Crippen LogP contribution < -0.4 is 16.3 Å². The lowest BCUT2D eigenvalue weighted by molar-refractivity contribution is -0.116. The zero-order chi connectivity index (χ0) is 19.2. The van der Waals surface area contributed by atoms with Crippen molar-refractivity contribution in [2.45, 2.75) is 6.54 Å². The first-order valence-electron chi connectivity index (χ1n) is 8.41. The Morgan fingerprint density at radius 3 is 2.63 bits per heavy atom. The second kappa shape index (κ2) is 8.13. The summed E-state index contributed by atoms with van der Waals surface area (Å²) in [4.78, 5) is 35.5. The van der Waals surface area contributed by atoms with Crippen LogP contribution in [-0.4, -0.2) is 39.6 Å². The zero-order valence-corrected chi connectivity index (χ0v) is 14.8. The van der Waals surface area contributed by atoms with Crippen molar-refractivity contribution in [1.82, 2.24) is 24.8 Å². The lowest BCUT2D eigenvalue weighted by atomic mass is 10.1. The van der Waals surface area contributed by atoms with Gasteiger partial charge in [-0.3, -0.25) is 14.0 Å². The smallest absolute Gasteiger partial charge is 0.350 e. The fourth-order valence-corrected chi connectivity index (χ4v) is 2.52. The van der Waals surface area contributed by atoms with Crippen LogP contribution in [0.15, 0.2) is 59.5 Å². The number of carbonyl (C=O) groups is 2. The number of hydrogen-bond donors (Lipinski definition) is 2. The van der Waals surface area contributed by atoms with Crippen LogP contribution in [-0.2, 0) is 11.3 Å². The van der Waals surface area contributed by atoms with Crippen molar-refractivity contribution in [2.75, 3.05) is 13.6 Å². The van der Waals surface area contributed by atoms with E-state index in [2.05, 4.69) is 15.7 Å². The van der Waals surface area contributed by atoms with E-state index in [9.17, 15) is 14.4 Å². The predicted octanol–water partition coefficient (Wildman–Crippen LogP) is 0.685. The molecule has 138 valence electrons. The second-order valence-electron chi connectivity index (χ2n) is 5.76. The molecule has 3 aromatic rings. The summed E-state index contributed by atoms with van der Waals surface area (Å²) in [6.07, 6.45) is 4.71. The van der Waals surface area contributed by atoms with Crippen molar-refractivity contribution in [3.8, 4) is 0 Å². The quantitative estimate of drug-likeness (QED) is 0.628. The fourth-order valence-electron chi connectivity index (χ4n) is 2.52. The highest BCUT2D eigenvalue weighted by Crippen LogP contribution is 2.06. The molecule has 2 amide bonds. The SMILES string of the molecule is CNC(=O)c1ccc(/C=C\C(=O)NCCn2nc3ccccn3c2=O)cc1. The van der Waals surface area contributed by atoms with Gasteiger partial charge in [0, 0.05) is 31.4 Å². The molecule has 0 saturated carbocycles. The van der Waals surface area contributed by atoms with Crippen molar-refractivity contribution in [3.05, 3.63) is 76.3 Å². The minimum Gasteiger partial charge on any atom is -0.355 e. The largest absolute Gasteiger partial charge is 0.355 e. The molecule has 0 atom stereocenters. The van der Waals surface area contributed by atoms with E-state index in [0.717, 1.165) is 5.56 Å². The molecule has 27 heavy (non-hydrogen) atoms. The summed E-state index contributed by atoms with van der Waals surface area (Å²) in [7, 11) is 1.57. The number of hydrogen-bond acceptors (Lipinski definition) is 4. The number of fused-ring (bicyclic) bond motifs is 1. The Kier molecular flexibility index (Phi) is 5.46. The molecule has 2 heterocycles. The molecule has 0 aliphatic carbocycles. The van der Waals surface area contributed by atoms with Gasteiger partial charge in [-0.1, -0.05) is 18.2 Å². The Labute approximate surface area is 155 Å². The maximum Gasteiger partial charge on any atom is 0.350 e. The Bertz CT molecular complexity index is 1050. The van der Waals surface area contributed by atoms with E-state index in [1.165, 1.54) is 15.2 Å². The number of benzene rings is 1. The Morgan fingerprint density at radius 2 is 1.93 bits per heavy atom. The molecule has 3 rings (SSSR count). The van der Waals surface area contributed by atoms with Crippen molar-refractivity contribution < 1.29 is 9.59 Å². The number of carbonyl (C=O) groups excluding carboxylic acids is 2. The van der Waals surface area contributed by atoms with E-state index in [4.69, 9.17) is 0 Å². The maximum atomic E-state index is 12.1.